The van der Waals surface area contributed by atoms with Crippen molar-refractivity contribution in [2.45, 2.75) is 64.8 Å². The summed E-state index contributed by atoms with van der Waals surface area (Å²) in [5.41, 5.74) is 5.40. The van der Waals surface area contributed by atoms with Crippen LogP contribution in [-0.2, 0) is 4.74 Å². The largest absolute Gasteiger partial charge is 0.394 e. The first kappa shape index (κ1) is 16.9. The molecule has 0 spiro atoms. The maximum atomic E-state index is 9.01. The van der Waals surface area contributed by atoms with Crippen molar-refractivity contribution >= 4 is 0 Å². The summed E-state index contributed by atoms with van der Waals surface area (Å²) < 4.78 is 5.69. The summed E-state index contributed by atoms with van der Waals surface area (Å²) in [7, 11) is 0. The minimum atomic E-state index is -0.449. The topological polar surface area (TPSA) is 55.5 Å². The lowest BCUT2D eigenvalue weighted by atomic mass is 9.99. The van der Waals surface area contributed by atoms with Gasteiger partial charge in [-0.15, -0.1) is 0 Å². The molecular formula is C14H31NO2. The Bertz CT molecular complexity index is 172. The number of aliphatic hydroxyl groups is 1. The van der Waals surface area contributed by atoms with E-state index in [1.54, 1.807) is 0 Å². The number of hydrogen-bond acceptors (Lipinski definition) is 3. The average Bonchev–Trinajstić information content (AvgIpc) is 2.32. The Labute approximate surface area is 107 Å². The van der Waals surface area contributed by atoms with E-state index in [9.17, 15) is 0 Å². The van der Waals surface area contributed by atoms with E-state index in [1.165, 1.54) is 25.7 Å². The van der Waals surface area contributed by atoms with Crippen molar-refractivity contribution in [2.24, 2.45) is 11.7 Å². The standard InChI is InChI=1S/C14H31NO2/c1-4-6-8-13(5-2)11-17-10-7-9-14(3,15)12-16/h13,16H,4-12,15H2,1-3H3. The second-order valence-corrected chi connectivity index (χ2v) is 5.41. The molecule has 0 aliphatic carbocycles. The molecule has 2 unspecified atom stereocenters. The van der Waals surface area contributed by atoms with Gasteiger partial charge < -0.3 is 15.6 Å². The van der Waals surface area contributed by atoms with Crippen LogP contribution in [0.15, 0.2) is 0 Å². The molecule has 2 atom stereocenters. The molecule has 0 saturated heterocycles. The second kappa shape index (κ2) is 9.86. The maximum absolute atomic E-state index is 9.01. The van der Waals surface area contributed by atoms with Crippen molar-refractivity contribution in [2.75, 3.05) is 19.8 Å². The van der Waals surface area contributed by atoms with Crippen LogP contribution in [0.3, 0.4) is 0 Å². The van der Waals surface area contributed by atoms with Crippen molar-refractivity contribution in [3.63, 3.8) is 0 Å². The van der Waals surface area contributed by atoms with E-state index >= 15 is 0 Å². The van der Waals surface area contributed by atoms with Gasteiger partial charge in [0, 0.05) is 18.8 Å². The van der Waals surface area contributed by atoms with E-state index in [2.05, 4.69) is 13.8 Å². The van der Waals surface area contributed by atoms with Gasteiger partial charge in [-0.1, -0.05) is 33.1 Å². The number of aliphatic hydroxyl groups excluding tert-OH is 1. The zero-order valence-electron chi connectivity index (χ0n) is 11.9. The molecule has 0 saturated carbocycles. The predicted octanol–water partition coefficient (Wildman–Crippen LogP) is 2.71. The van der Waals surface area contributed by atoms with Crippen molar-refractivity contribution in [3.05, 3.63) is 0 Å². The van der Waals surface area contributed by atoms with E-state index in [0.717, 1.165) is 26.1 Å². The predicted molar refractivity (Wildman–Crippen MR) is 73.0 cm³/mol. The molecule has 0 aliphatic heterocycles. The van der Waals surface area contributed by atoms with Crippen LogP contribution in [0.1, 0.15) is 59.3 Å². The number of nitrogens with two attached hydrogens (primary N) is 1. The molecule has 104 valence electrons. The SMILES string of the molecule is CCCCC(CC)COCCCC(C)(N)CO. The summed E-state index contributed by atoms with van der Waals surface area (Å²) in [6.07, 6.45) is 6.78. The van der Waals surface area contributed by atoms with Gasteiger partial charge >= 0.3 is 0 Å². The molecule has 0 bridgehead atoms. The Morgan fingerprint density at radius 1 is 1.29 bits per heavy atom. The van der Waals surface area contributed by atoms with Crippen LogP contribution in [0.25, 0.3) is 0 Å². The van der Waals surface area contributed by atoms with E-state index in [4.69, 9.17) is 15.6 Å². The molecule has 0 aromatic rings. The summed E-state index contributed by atoms with van der Waals surface area (Å²) in [5, 5.41) is 9.01. The van der Waals surface area contributed by atoms with E-state index in [-0.39, 0.29) is 6.61 Å². The quantitative estimate of drug-likeness (QED) is 0.550. The van der Waals surface area contributed by atoms with Crippen LogP contribution < -0.4 is 5.73 Å². The van der Waals surface area contributed by atoms with Gasteiger partial charge in [-0.2, -0.15) is 0 Å². The molecule has 0 fully saturated rings. The van der Waals surface area contributed by atoms with Gasteiger partial charge in [0.2, 0.25) is 0 Å². The fraction of sp³-hybridized carbons (Fsp3) is 1.00. The highest BCUT2D eigenvalue weighted by molar-refractivity contribution is 4.76. The van der Waals surface area contributed by atoms with Gasteiger partial charge in [-0.05, 0) is 32.1 Å². The number of unbranched alkanes of at least 4 members (excludes halogenated alkanes) is 1. The summed E-state index contributed by atoms with van der Waals surface area (Å²) in [4.78, 5) is 0. The molecule has 0 aromatic heterocycles. The van der Waals surface area contributed by atoms with Gasteiger partial charge in [0.15, 0.2) is 0 Å². The van der Waals surface area contributed by atoms with E-state index in [0.29, 0.717) is 5.92 Å². The Kier molecular flexibility index (Phi) is 9.79. The third kappa shape index (κ3) is 9.57. The Morgan fingerprint density at radius 3 is 2.53 bits per heavy atom. The van der Waals surface area contributed by atoms with Crippen LogP contribution in [0, 0.1) is 5.92 Å². The lowest BCUT2D eigenvalue weighted by molar-refractivity contribution is 0.0845. The molecular weight excluding hydrogens is 214 g/mol. The van der Waals surface area contributed by atoms with Crippen LogP contribution in [0.5, 0.6) is 0 Å². The fourth-order valence-corrected chi connectivity index (χ4v) is 1.81. The Morgan fingerprint density at radius 2 is 2.00 bits per heavy atom. The maximum Gasteiger partial charge on any atom is 0.0608 e. The summed E-state index contributed by atoms with van der Waals surface area (Å²) in [6, 6.07) is 0. The monoisotopic (exact) mass is 245 g/mol. The van der Waals surface area contributed by atoms with E-state index < -0.39 is 5.54 Å². The fourth-order valence-electron chi connectivity index (χ4n) is 1.81. The summed E-state index contributed by atoms with van der Waals surface area (Å²) >= 11 is 0. The van der Waals surface area contributed by atoms with Crippen LogP contribution in [0.4, 0.5) is 0 Å². The van der Waals surface area contributed by atoms with Gasteiger partial charge in [-0.25, -0.2) is 0 Å². The molecule has 0 aliphatic rings. The molecule has 3 N–H and O–H groups in total. The highest BCUT2D eigenvalue weighted by Crippen LogP contribution is 2.13. The molecule has 0 rings (SSSR count). The van der Waals surface area contributed by atoms with Crippen LogP contribution >= 0.6 is 0 Å². The zero-order chi connectivity index (χ0) is 13.1. The van der Waals surface area contributed by atoms with Crippen molar-refractivity contribution < 1.29 is 9.84 Å². The highest BCUT2D eigenvalue weighted by Gasteiger charge is 2.16. The lowest BCUT2D eigenvalue weighted by Gasteiger charge is -2.21. The highest BCUT2D eigenvalue weighted by atomic mass is 16.5. The third-order valence-electron chi connectivity index (χ3n) is 3.29. The summed E-state index contributed by atoms with van der Waals surface area (Å²) in [5.74, 6) is 0.706. The van der Waals surface area contributed by atoms with Crippen molar-refractivity contribution in [3.8, 4) is 0 Å². The molecule has 0 aromatic carbocycles. The normalized spacial score (nSPS) is 16.8. The first-order valence-corrected chi connectivity index (χ1v) is 7.03. The first-order chi connectivity index (χ1) is 8.05. The third-order valence-corrected chi connectivity index (χ3v) is 3.29. The van der Waals surface area contributed by atoms with Gasteiger partial charge in [0.1, 0.15) is 0 Å². The minimum Gasteiger partial charge on any atom is -0.394 e. The number of rotatable bonds is 11. The molecule has 0 heterocycles. The molecule has 3 nitrogen and oxygen atoms in total. The summed E-state index contributed by atoms with van der Waals surface area (Å²) in [6.45, 7) is 8.01. The first-order valence-electron chi connectivity index (χ1n) is 7.03. The van der Waals surface area contributed by atoms with E-state index in [1.807, 2.05) is 6.92 Å². The Balaban J connectivity index is 3.48. The average molecular weight is 245 g/mol. The Hall–Kier alpha value is -0.120. The molecule has 3 heteroatoms. The van der Waals surface area contributed by atoms with Gasteiger partial charge in [0.05, 0.1) is 6.61 Å². The second-order valence-electron chi connectivity index (χ2n) is 5.41. The smallest absolute Gasteiger partial charge is 0.0608 e. The zero-order valence-corrected chi connectivity index (χ0v) is 11.9. The number of ether oxygens (including phenoxy) is 1. The molecule has 0 amide bonds. The van der Waals surface area contributed by atoms with Crippen molar-refractivity contribution in [1.82, 2.24) is 0 Å². The van der Waals surface area contributed by atoms with Crippen LogP contribution in [-0.4, -0.2) is 30.5 Å². The molecule has 17 heavy (non-hydrogen) atoms. The van der Waals surface area contributed by atoms with Gasteiger partial charge in [-0.3, -0.25) is 0 Å². The minimum absolute atomic E-state index is 0.0427. The lowest BCUT2D eigenvalue weighted by Crippen LogP contribution is -2.40. The van der Waals surface area contributed by atoms with Crippen molar-refractivity contribution in [1.29, 1.82) is 0 Å². The number of hydrogen-bond donors (Lipinski definition) is 2. The van der Waals surface area contributed by atoms with Crippen LogP contribution in [0.2, 0.25) is 0 Å². The van der Waals surface area contributed by atoms with Gasteiger partial charge in [0.25, 0.3) is 0 Å². The molecule has 0 radical (unpaired) electrons.